The third-order valence-electron chi connectivity index (χ3n) is 2.76. The summed E-state index contributed by atoms with van der Waals surface area (Å²) >= 11 is 0. The Kier molecular flexibility index (Phi) is 8.11. The molecule has 0 atom stereocenters. The number of hydrogen-bond donors (Lipinski definition) is 0. The maximum absolute atomic E-state index is 4.17. The van der Waals surface area contributed by atoms with Crippen LogP contribution in [0.3, 0.4) is 0 Å². The van der Waals surface area contributed by atoms with Crippen molar-refractivity contribution in [2.24, 2.45) is 0 Å². The number of fused-ring (bicyclic) bond motifs is 2. The van der Waals surface area contributed by atoms with Crippen LogP contribution in [0.1, 0.15) is 39.1 Å². The molecule has 4 heterocycles. The summed E-state index contributed by atoms with van der Waals surface area (Å²) in [5, 5.41) is 12.3. The molecule has 0 saturated heterocycles. The van der Waals surface area contributed by atoms with Gasteiger partial charge < -0.3 is 0 Å². The Bertz CT molecular complexity index is 709. The Hall–Kier alpha value is -2.76. The number of aromatic nitrogens is 6. The zero-order chi connectivity index (χ0) is 17.9. The van der Waals surface area contributed by atoms with Gasteiger partial charge in [-0.15, -0.1) is 0 Å². The smallest absolute Gasteiger partial charge is 0.117 e. The molecule has 0 radical (unpaired) electrons. The van der Waals surface area contributed by atoms with Crippen molar-refractivity contribution in [3.8, 4) is 0 Å². The van der Waals surface area contributed by atoms with Crippen LogP contribution in [-0.4, -0.2) is 29.4 Å². The molecule has 6 heteroatoms. The topological polar surface area (TPSA) is 60.4 Å². The van der Waals surface area contributed by atoms with E-state index in [1.54, 1.807) is 27.9 Å². The fourth-order valence-corrected chi connectivity index (χ4v) is 1.93. The summed E-state index contributed by atoms with van der Waals surface area (Å²) in [6.07, 6.45) is 5.18. The van der Waals surface area contributed by atoms with Gasteiger partial charge in [-0.05, 0) is 44.2 Å². The molecule has 0 unspecified atom stereocenters. The highest BCUT2D eigenvalue weighted by Gasteiger charge is 1.94. The molecule has 0 aliphatic carbocycles. The normalized spacial score (nSPS) is 9.25. The summed E-state index contributed by atoms with van der Waals surface area (Å²) in [4.78, 5) is 3.93. The Morgan fingerprint density at radius 1 is 0.792 bits per heavy atom. The van der Waals surface area contributed by atoms with Crippen molar-refractivity contribution in [2.45, 2.75) is 41.5 Å². The van der Waals surface area contributed by atoms with Crippen LogP contribution in [0.25, 0.3) is 11.0 Å². The van der Waals surface area contributed by atoms with Gasteiger partial charge in [0.1, 0.15) is 6.33 Å². The van der Waals surface area contributed by atoms with E-state index < -0.39 is 0 Å². The van der Waals surface area contributed by atoms with Crippen LogP contribution < -0.4 is 0 Å². The monoisotopic (exact) mass is 326 g/mol. The average Bonchev–Trinajstić information content (AvgIpc) is 3.19. The van der Waals surface area contributed by atoms with Crippen molar-refractivity contribution in [2.75, 3.05) is 0 Å². The highest BCUT2D eigenvalue weighted by molar-refractivity contribution is 5.45. The predicted octanol–water partition coefficient (Wildman–Crippen LogP) is 4.13. The van der Waals surface area contributed by atoms with Gasteiger partial charge in [-0.2, -0.15) is 19.9 Å². The molecule has 4 rings (SSSR count). The molecule has 6 nitrogen and oxygen atoms in total. The molecule has 0 amide bonds. The minimum Gasteiger partial charge on any atom is -0.245 e. The van der Waals surface area contributed by atoms with E-state index in [9.17, 15) is 0 Å². The number of hydrogen-bond acceptors (Lipinski definition) is 4. The first-order chi connectivity index (χ1) is 11.7. The Morgan fingerprint density at radius 2 is 1.46 bits per heavy atom. The van der Waals surface area contributed by atoms with Crippen LogP contribution in [0.2, 0.25) is 0 Å². The van der Waals surface area contributed by atoms with E-state index in [1.165, 1.54) is 0 Å². The van der Waals surface area contributed by atoms with Gasteiger partial charge in [-0.3, -0.25) is 0 Å². The second kappa shape index (κ2) is 10.1. The van der Waals surface area contributed by atoms with Gasteiger partial charge in [0.05, 0.1) is 22.4 Å². The average molecular weight is 326 g/mol. The minimum absolute atomic E-state index is 0.999. The first-order valence-electron chi connectivity index (χ1n) is 8.26. The van der Waals surface area contributed by atoms with Gasteiger partial charge in [-0.25, -0.2) is 9.50 Å². The lowest BCUT2D eigenvalue weighted by Crippen LogP contribution is -1.90. The molecule has 0 aromatic carbocycles. The molecule has 0 aliphatic heterocycles. The van der Waals surface area contributed by atoms with Crippen LogP contribution in [0.15, 0.2) is 49.1 Å². The maximum atomic E-state index is 4.17. The molecule has 0 bridgehead atoms. The van der Waals surface area contributed by atoms with Gasteiger partial charge in [-0.1, -0.05) is 27.7 Å². The second-order valence-electron chi connectivity index (χ2n) is 4.46. The van der Waals surface area contributed by atoms with E-state index in [0.29, 0.717) is 0 Å². The van der Waals surface area contributed by atoms with Crippen molar-refractivity contribution in [1.29, 1.82) is 0 Å². The molecule has 0 saturated carbocycles. The Balaban J connectivity index is 0.000000199. The van der Waals surface area contributed by atoms with E-state index in [2.05, 4.69) is 20.3 Å². The molecular weight excluding hydrogens is 300 g/mol. The first kappa shape index (κ1) is 19.3. The maximum Gasteiger partial charge on any atom is 0.117 e. The van der Waals surface area contributed by atoms with Gasteiger partial charge >= 0.3 is 0 Å². The Morgan fingerprint density at radius 3 is 2.12 bits per heavy atom. The van der Waals surface area contributed by atoms with Crippen molar-refractivity contribution in [3.05, 3.63) is 60.4 Å². The van der Waals surface area contributed by atoms with Gasteiger partial charge in [0, 0.05) is 12.4 Å². The minimum atomic E-state index is 0.999. The Labute approximate surface area is 143 Å². The summed E-state index contributed by atoms with van der Waals surface area (Å²) in [6.45, 7) is 11.9. The molecule has 0 fully saturated rings. The van der Waals surface area contributed by atoms with Crippen LogP contribution in [0.4, 0.5) is 0 Å². The molecule has 4 aromatic rings. The zero-order valence-electron chi connectivity index (χ0n) is 15.3. The highest BCUT2D eigenvalue weighted by Crippen LogP contribution is 2.02. The lowest BCUT2D eigenvalue weighted by Gasteiger charge is -1.86. The summed E-state index contributed by atoms with van der Waals surface area (Å²) in [5.41, 5.74) is 4.15. The van der Waals surface area contributed by atoms with Crippen molar-refractivity contribution >= 4 is 11.0 Å². The summed E-state index contributed by atoms with van der Waals surface area (Å²) < 4.78 is 3.38. The van der Waals surface area contributed by atoms with Crippen LogP contribution in [-0.2, 0) is 0 Å². The van der Waals surface area contributed by atoms with Crippen molar-refractivity contribution < 1.29 is 0 Å². The highest BCUT2D eigenvalue weighted by atomic mass is 15.4. The van der Waals surface area contributed by atoms with E-state index in [-0.39, 0.29) is 0 Å². The van der Waals surface area contributed by atoms with Crippen molar-refractivity contribution in [1.82, 2.24) is 29.4 Å². The lowest BCUT2D eigenvalue weighted by atomic mass is 10.4. The van der Waals surface area contributed by atoms with Gasteiger partial charge in [0.15, 0.2) is 0 Å². The number of rotatable bonds is 0. The van der Waals surface area contributed by atoms with Crippen LogP contribution in [0.5, 0.6) is 0 Å². The zero-order valence-corrected chi connectivity index (χ0v) is 15.3. The quantitative estimate of drug-likeness (QED) is 0.487. The van der Waals surface area contributed by atoms with E-state index in [4.69, 9.17) is 0 Å². The molecular formula is C18H26N6. The van der Waals surface area contributed by atoms with E-state index in [0.717, 1.165) is 22.4 Å². The van der Waals surface area contributed by atoms with Gasteiger partial charge in [0.2, 0.25) is 0 Å². The molecule has 0 N–H and O–H groups in total. The number of nitrogens with zero attached hydrogens (tertiary/aromatic N) is 6. The van der Waals surface area contributed by atoms with E-state index in [1.807, 2.05) is 71.9 Å². The van der Waals surface area contributed by atoms with E-state index >= 15 is 0 Å². The third kappa shape index (κ3) is 5.15. The van der Waals surface area contributed by atoms with Crippen LogP contribution in [0, 0.1) is 13.8 Å². The van der Waals surface area contributed by atoms with Crippen molar-refractivity contribution in [3.63, 3.8) is 0 Å². The van der Waals surface area contributed by atoms with Gasteiger partial charge in [0.25, 0.3) is 0 Å². The molecule has 0 spiro atoms. The second-order valence-corrected chi connectivity index (χ2v) is 4.46. The van der Waals surface area contributed by atoms with Crippen LogP contribution >= 0.6 is 0 Å². The number of aryl methyl sites for hydroxylation is 2. The SMILES string of the molecule is CC.CC.Cc1cc2cccnn2n1.Cc1cc2ccncn2n1. The lowest BCUT2D eigenvalue weighted by molar-refractivity contribution is 0.787. The summed E-state index contributed by atoms with van der Waals surface area (Å²) in [5.74, 6) is 0. The fraction of sp³-hybridized carbons (Fsp3) is 0.333. The molecule has 24 heavy (non-hydrogen) atoms. The molecule has 0 aliphatic rings. The summed E-state index contributed by atoms with van der Waals surface area (Å²) in [7, 11) is 0. The fourth-order valence-electron chi connectivity index (χ4n) is 1.93. The largest absolute Gasteiger partial charge is 0.245 e. The molecule has 4 aromatic heterocycles. The summed E-state index contributed by atoms with van der Waals surface area (Å²) in [6, 6.07) is 9.82. The standard InChI is InChI=1S/2C7H7N3.2C2H6/c1-6-4-7-2-3-8-5-10(7)9-6;1-6-5-7-3-2-4-8-10(7)9-6;2*1-2/h2*2-5H,1H3;2*1-2H3. The third-order valence-corrected chi connectivity index (χ3v) is 2.76. The first-order valence-corrected chi connectivity index (χ1v) is 8.26. The predicted molar refractivity (Wildman–Crippen MR) is 98.1 cm³/mol. The molecule has 128 valence electrons.